The number of ether oxygens (including phenoxy) is 1. The van der Waals surface area contributed by atoms with E-state index in [2.05, 4.69) is 30.5 Å². The Kier molecular flexibility index (Phi) is 6.36. The molecule has 0 bridgehead atoms. The van der Waals surface area contributed by atoms with E-state index in [-0.39, 0.29) is 5.92 Å². The van der Waals surface area contributed by atoms with Gasteiger partial charge in [-0.2, -0.15) is 0 Å². The second-order valence-corrected chi connectivity index (χ2v) is 9.36. The normalized spacial score (nSPS) is 16.6. The third-order valence-electron chi connectivity index (χ3n) is 5.02. The molecular formula is C19H29N5O3S. The smallest absolute Gasteiger partial charge is 0.209 e. The van der Waals surface area contributed by atoms with E-state index in [0.29, 0.717) is 5.82 Å². The van der Waals surface area contributed by atoms with Gasteiger partial charge in [0, 0.05) is 38.2 Å². The lowest BCUT2D eigenvalue weighted by Crippen LogP contribution is -2.33. The first-order valence-electron chi connectivity index (χ1n) is 9.52. The molecule has 8 nitrogen and oxygen atoms in total. The first kappa shape index (κ1) is 20.8. The Balaban J connectivity index is 1.77. The lowest BCUT2D eigenvalue weighted by atomic mass is 10.1. The molecule has 0 fully saturated rings. The summed E-state index contributed by atoms with van der Waals surface area (Å²) in [6.07, 6.45) is 1.95. The standard InChI is InChI=1S/C19H29N5O3S/c1-14(2)18(22-28(4,25)26)19-21-20-17-9-10-23(11-12-24(17)19)13-15-7-5-6-8-16(15)27-3/h5-8,14,18,22H,9-13H2,1-4H3/t18-/m1/s1. The van der Waals surface area contributed by atoms with Crippen LogP contribution in [-0.2, 0) is 29.5 Å². The maximum atomic E-state index is 11.8. The molecular weight excluding hydrogens is 378 g/mol. The van der Waals surface area contributed by atoms with Gasteiger partial charge in [0.15, 0.2) is 5.82 Å². The fraction of sp³-hybridized carbons (Fsp3) is 0.579. The molecule has 1 aliphatic rings. The van der Waals surface area contributed by atoms with Gasteiger partial charge in [0.25, 0.3) is 0 Å². The molecule has 1 aromatic heterocycles. The van der Waals surface area contributed by atoms with Crippen molar-refractivity contribution in [3.63, 3.8) is 0 Å². The Hall–Kier alpha value is -1.97. The lowest BCUT2D eigenvalue weighted by molar-refractivity contribution is 0.264. The number of benzene rings is 1. The van der Waals surface area contributed by atoms with Gasteiger partial charge in [0.2, 0.25) is 10.0 Å². The van der Waals surface area contributed by atoms with E-state index in [1.165, 1.54) is 6.26 Å². The molecule has 3 rings (SSSR count). The highest BCUT2D eigenvalue weighted by Crippen LogP contribution is 2.24. The second-order valence-electron chi connectivity index (χ2n) is 7.58. The highest BCUT2D eigenvalue weighted by Gasteiger charge is 2.28. The van der Waals surface area contributed by atoms with Crippen molar-refractivity contribution in [3.05, 3.63) is 41.5 Å². The predicted octanol–water partition coefficient (Wildman–Crippen LogP) is 1.59. The van der Waals surface area contributed by atoms with Crippen molar-refractivity contribution in [2.45, 2.75) is 39.4 Å². The summed E-state index contributed by atoms with van der Waals surface area (Å²) >= 11 is 0. The predicted molar refractivity (Wildman–Crippen MR) is 108 cm³/mol. The number of nitrogens with zero attached hydrogens (tertiary/aromatic N) is 4. The third-order valence-corrected chi connectivity index (χ3v) is 5.70. The number of hydrogen-bond donors (Lipinski definition) is 1. The van der Waals surface area contributed by atoms with Crippen LogP contribution in [0.15, 0.2) is 24.3 Å². The summed E-state index contributed by atoms with van der Waals surface area (Å²) in [5, 5.41) is 8.68. The number of aromatic nitrogens is 3. The Morgan fingerprint density at radius 1 is 1.18 bits per heavy atom. The molecule has 28 heavy (non-hydrogen) atoms. The number of rotatable bonds is 7. The number of para-hydroxylation sites is 1. The Morgan fingerprint density at radius 3 is 2.61 bits per heavy atom. The molecule has 0 radical (unpaired) electrons. The maximum Gasteiger partial charge on any atom is 0.209 e. The zero-order valence-corrected chi connectivity index (χ0v) is 17.7. The quantitative estimate of drug-likeness (QED) is 0.750. The molecule has 2 aromatic rings. The molecule has 0 saturated carbocycles. The van der Waals surface area contributed by atoms with Gasteiger partial charge in [0.05, 0.1) is 19.4 Å². The number of sulfonamides is 1. The summed E-state index contributed by atoms with van der Waals surface area (Å²) in [4.78, 5) is 2.37. The molecule has 154 valence electrons. The van der Waals surface area contributed by atoms with Crippen LogP contribution >= 0.6 is 0 Å². The van der Waals surface area contributed by atoms with Gasteiger partial charge < -0.3 is 9.30 Å². The van der Waals surface area contributed by atoms with Gasteiger partial charge in [-0.25, -0.2) is 13.1 Å². The summed E-state index contributed by atoms with van der Waals surface area (Å²) < 4.78 is 33.9. The molecule has 9 heteroatoms. The molecule has 1 atom stereocenters. The van der Waals surface area contributed by atoms with Crippen molar-refractivity contribution in [2.75, 3.05) is 26.5 Å². The minimum absolute atomic E-state index is 0.0657. The second kappa shape index (κ2) is 8.59. The van der Waals surface area contributed by atoms with E-state index in [4.69, 9.17) is 4.74 Å². The Bertz CT molecular complexity index is 910. The van der Waals surface area contributed by atoms with Crippen LogP contribution in [0.25, 0.3) is 0 Å². The summed E-state index contributed by atoms with van der Waals surface area (Å²) in [5.74, 6) is 2.55. The zero-order valence-electron chi connectivity index (χ0n) is 16.9. The lowest BCUT2D eigenvalue weighted by Gasteiger charge is -2.23. The Morgan fingerprint density at radius 2 is 1.93 bits per heavy atom. The largest absolute Gasteiger partial charge is 0.496 e. The van der Waals surface area contributed by atoms with Gasteiger partial charge in [-0.3, -0.25) is 4.90 Å². The SMILES string of the molecule is COc1ccccc1CN1CCc2nnc([C@H](NS(C)(=O)=O)C(C)C)n2CC1. The van der Waals surface area contributed by atoms with Gasteiger partial charge >= 0.3 is 0 Å². The van der Waals surface area contributed by atoms with Crippen molar-refractivity contribution >= 4 is 10.0 Å². The Labute approximate surface area is 167 Å². The van der Waals surface area contributed by atoms with E-state index in [9.17, 15) is 8.42 Å². The molecule has 2 heterocycles. The first-order valence-corrected chi connectivity index (χ1v) is 11.4. The van der Waals surface area contributed by atoms with Crippen molar-refractivity contribution in [1.29, 1.82) is 0 Å². The molecule has 1 aliphatic heterocycles. The fourth-order valence-electron chi connectivity index (χ4n) is 3.57. The molecule has 0 unspecified atom stereocenters. The fourth-order valence-corrected chi connectivity index (χ4v) is 4.41. The van der Waals surface area contributed by atoms with Crippen LogP contribution in [0.1, 0.15) is 37.1 Å². The van der Waals surface area contributed by atoms with E-state index in [0.717, 1.165) is 49.7 Å². The summed E-state index contributed by atoms with van der Waals surface area (Å²) in [6, 6.07) is 7.66. The van der Waals surface area contributed by atoms with E-state index >= 15 is 0 Å². The van der Waals surface area contributed by atoms with Crippen molar-refractivity contribution in [1.82, 2.24) is 24.4 Å². The van der Waals surface area contributed by atoms with Gasteiger partial charge in [-0.15, -0.1) is 10.2 Å². The zero-order chi connectivity index (χ0) is 20.3. The minimum Gasteiger partial charge on any atom is -0.496 e. The van der Waals surface area contributed by atoms with Crippen LogP contribution in [0.5, 0.6) is 5.75 Å². The summed E-state index contributed by atoms with van der Waals surface area (Å²) in [5.41, 5.74) is 1.15. The number of hydrogen-bond acceptors (Lipinski definition) is 6. The summed E-state index contributed by atoms with van der Waals surface area (Å²) in [6.45, 7) is 7.18. The maximum absolute atomic E-state index is 11.8. The van der Waals surface area contributed by atoms with Gasteiger partial charge in [-0.05, 0) is 12.0 Å². The molecule has 0 amide bonds. The van der Waals surface area contributed by atoms with Crippen LogP contribution in [0, 0.1) is 5.92 Å². The average molecular weight is 408 g/mol. The molecule has 0 spiro atoms. The highest BCUT2D eigenvalue weighted by atomic mass is 32.2. The third kappa shape index (κ3) is 4.89. The van der Waals surface area contributed by atoms with E-state index < -0.39 is 16.1 Å². The van der Waals surface area contributed by atoms with Crippen LogP contribution < -0.4 is 9.46 Å². The van der Waals surface area contributed by atoms with Gasteiger partial charge in [0.1, 0.15) is 11.6 Å². The monoisotopic (exact) mass is 407 g/mol. The van der Waals surface area contributed by atoms with Crippen LogP contribution in [-0.4, -0.2) is 54.5 Å². The minimum atomic E-state index is -3.34. The van der Waals surface area contributed by atoms with Crippen LogP contribution in [0.3, 0.4) is 0 Å². The van der Waals surface area contributed by atoms with E-state index in [1.54, 1.807) is 7.11 Å². The first-order chi connectivity index (χ1) is 13.3. The van der Waals surface area contributed by atoms with Crippen molar-refractivity contribution in [3.8, 4) is 5.75 Å². The van der Waals surface area contributed by atoms with E-state index in [1.807, 2.05) is 32.0 Å². The molecule has 1 aromatic carbocycles. The highest BCUT2D eigenvalue weighted by molar-refractivity contribution is 7.88. The molecule has 1 N–H and O–H groups in total. The topological polar surface area (TPSA) is 89.3 Å². The van der Waals surface area contributed by atoms with Crippen LogP contribution in [0.2, 0.25) is 0 Å². The van der Waals surface area contributed by atoms with Crippen LogP contribution in [0.4, 0.5) is 0 Å². The number of nitrogens with one attached hydrogen (secondary N) is 1. The van der Waals surface area contributed by atoms with Crippen molar-refractivity contribution < 1.29 is 13.2 Å². The van der Waals surface area contributed by atoms with Gasteiger partial charge in [-0.1, -0.05) is 32.0 Å². The summed E-state index contributed by atoms with van der Waals surface area (Å²) in [7, 11) is -1.65. The molecule has 0 aliphatic carbocycles. The number of methoxy groups -OCH3 is 1. The average Bonchev–Trinajstić information content (AvgIpc) is 2.93. The van der Waals surface area contributed by atoms with Crippen molar-refractivity contribution in [2.24, 2.45) is 5.92 Å². The number of fused-ring (bicyclic) bond motifs is 1. The molecule has 0 saturated heterocycles.